The van der Waals surface area contributed by atoms with Gasteiger partial charge in [-0.15, -0.1) is 11.3 Å². The van der Waals surface area contributed by atoms with Crippen molar-refractivity contribution in [3.63, 3.8) is 0 Å². The fourth-order valence-corrected chi connectivity index (χ4v) is 5.07. The fraction of sp³-hybridized carbons (Fsp3) is 0.130. The predicted molar refractivity (Wildman–Crippen MR) is 127 cm³/mol. The van der Waals surface area contributed by atoms with Crippen molar-refractivity contribution in [1.29, 1.82) is 0 Å². The average Bonchev–Trinajstić information content (AvgIpc) is 3.45. The van der Waals surface area contributed by atoms with E-state index >= 15 is 0 Å². The zero-order chi connectivity index (χ0) is 22.9. The average molecular weight is 467 g/mol. The highest BCUT2D eigenvalue weighted by Gasteiger charge is 2.22. The summed E-state index contributed by atoms with van der Waals surface area (Å²) in [5.74, 6) is -0.368. The molecule has 4 aromatic rings. The summed E-state index contributed by atoms with van der Waals surface area (Å²) in [7, 11) is -0.684. The highest BCUT2D eigenvalue weighted by Crippen LogP contribution is 2.29. The molecule has 0 radical (unpaired) electrons. The number of carbonyl (C=O) groups excluding carboxylic acids is 1. The Bertz CT molecular complexity index is 1360. The Balaban J connectivity index is 1.72. The van der Waals surface area contributed by atoms with Gasteiger partial charge in [0.05, 0.1) is 21.0 Å². The number of amides is 1. The van der Waals surface area contributed by atoms with Crippen LogP contribution in [-0.4, -0.2) is 42.5 Å². The van der Waals surface area contributed by atoms with Crippen LogP contribution in [0.4, 0.5) is 5.69 Å². The van der Waals surface area contributed by atoms with E-state index in [1.54, 1.807) is 29.9 Å². The second kappa shape index (κ2) is 8.70. The first-order valence-electron chi connectivity index (χ1n) is 9.81. The predicted octanol–water partition coefficient (Wildman–Crippen LogP) is 4.41. The maximum absolute atomic E-state index is 13.2. The lowest BCUT2D eigenvalue weighted by atomic mass is 10.2. The third kappa shape index (κ3) is 4.22. The molecular weight excluding hydrogens is 444 g/mol. The number of benzene rings is 2. The van der Waals surface area contributed by atoms with E-state index in [1.165, 1.54) is 31.5 Å². The lowest BCUT2D eigenvalue weighted by Crippen LogP contribution is -2.23. The molecule has 2 heterocycles. The number of anilines is 1. The van der Waals surface area contributed by atoms with Gasteiger partial charge in [0.1, 0.15) is 5.69 Å². The first-order valence-corrected chi connectivity index (χ1v) is 12.1. The van der Waals surface area contributed by atoms with E-state index in [-0.39, 0.29) is 10.8 Å². The summed E-state index contributed by atoms with van der Waals surface area (Å²) in [6.45, 7) is 1.72. The summed E-state index contributed by atoms with van der Waals surface area (Å²) in [6, 6.07) is 18.2. The molecule has 4 rings (SSSR count). The maximum atomic E-state index is 13.2. The van der Waals surface area contributed by atoms with Crippen LogP contribution in [0.15, 0.2) is 77.1 Å². The Kier molecular flexibility index (Phi) is 5.96. The van der Waals surface area contributed by atoms with Crippen LogP contribution in [-0.2, 0) is 10.0 Å². The molecule has 0 atom stereocenters. The van der Waals surface area contributed by atoms with Crippen LogP contribution in [0.3, 0.4) is 0 Å². The Labute approximate surface area is 191 Å². The molecule has 2 aromatic carbocycles. The SMILES string of the molecule is Cc1ccc(NC(=O)c2cn(-c3ccccc3)nc2-c2cccs2)cc1S(=O)(=O)N(C)C. The third-order valence-electron chi connectivity index (χ3n) is 4.94. The van der Waals surface area contributed by atoms with E-state index in [1.807, 2.05) is 47.8 Å². The monoisotopic (exact) mass is 466 g/mol. The molecule has 0 saturated heterocycles. The Morgan fingerprint density at radius 3 is 2.47 bits per heavy atom. The topological polar surface area (TPSA) is 84.3 Å². The van der Waals surface area contributed by atoms with E-state index in [4.69, 9.17) is 0 Å². The van der Waals surface area contributed by atoms with Crippen LogP contribution in [0.2, 0.25) is 0 Å². The molecule has 0 aliphatic rings. The highest BCUT2D eigenvalue weighted by molar-refractivity contribution is 7.89. The molecule has 2 aromatic heterocycles. The number of nitrogens with one attached hydrogen (secondary N) is 1. The van der Waals surface area contributed by atoms with Crippen LogP contribution in [0.1, 0.15) is 15.9 Å². The molecule has 7 nitrogen and oxygen atoms in total. The Hall–Kier alpha value is -3.27. The zero-order valence-electron chi connectivity index (χ0n) is 17.8. The molecule has 164 valence electrons. The van der Waals surface area contributed by atoms with Gasteiger partial charge in [-0.3, -0.25) is 4.79 Å². The summed E-state index contributed by atoms with van der Waals surface area (Å²) in [6.07, 6.45) is 1.69. The van der Waals surface area contributed by atoms with Crippen LogP contribution in [0.5, 0.6) is 0 Å². The number of thiophene rings is 1. The second-order valence-corrected chi connectivity index (χ2v) is 10.4. The van der Waals surface area contributed by atoms with Gasteiger partial charge in [0, 0.05) is 26.0 Å². The van der Waals surface area contributed by atoms with Crippen molar-refractivity contribution in [2.24, 2.45) is 0 Å². The van der Waals surface area contributed by atoms with Crippen molar-refractivity contribution in [2.75, 3.05) is 19.4 Å². The lowest BCUT2D eigenvalue weighted by molar-refractivity contribution is 0.102. The van der Waals surface area contributed by atoms with Crippen molar-refractivity contribution in [2.45, 2.75) is 11.8 Å². The van der Waals surface area contributed by atoms with Gasteiger partial charge in [0.15, 0.2) is 0 Å². The van der Waals surface area contributed by atoms with Crippen LogP contribution >= 0.6 is 11.3 Å². The number of hydrogen-bond donors (Lipinski definition) is 1. The van der Waals surface area contributed by atoms with Gasteiger partial charge < -0.3 is 5.32 Å². The molecular formula is C23H22N4O3S2. The molecule has 0 saturated carbocycles. The molecule has 0 fully saturated rings. The van der Waals surface area contributed by atoms with Crippen molar-refractivity contribution < 1.29 is 13.2 Å². The first-order chi connectivity index (χ1) is 15.3. The summed E-state index contributed by atoms with van der Waals surface area (Å²) < 4.78 is 28.1. The fourth-order valence-electron chi connectivity index (χ4n) is 3.20. The minimum Gasteiger partial charge on any atom is -0.322 e. The smallest absolute Gasteiger partial charge is 0.259 e. The number of para-hydroxylation sites is 1. The number of rotatable bonds is 6. The molecule has 0 unspecified atom stereocenters. The number of hydrogen-bond acceptors (Lipinski definition) is 5. The quantitative estimate of drug-likeness (QED) is 0.456. The van der Waals surface area contributed by atoms with E-state index < -0.39 is 10.0 Å². The van der Waals surface area contributed by atoms with Gasteiger partial charge in [-0.2, -0.15) is 5.10 Å². The van der Waals surface area contributed by atoms with Gasteiger partial charge in [-0.25, -0.2) is 17.4 Å². The van der Waals surface area contributed by atoms with E-state index in [9.17, 15) is 13.2 Å². The Morgan fingerprint density at radius 1 is 1.06 bits per heavy atom. The van der Waals surface area contributed by atoms with Crippen molar-refractivity contribution in [1.82, 2.24) is 14.1 Å². The molecule has 1 N–H and O–H groups in total. The lowest BCUT2D eigenvalue weighted by Gasteiger charge is -2.15. The van der Waals surface area contributed by atoms with Crippen molar-refractivity contribution in [3.05, 3.63) is 83.4 Å². The molecule has 9 heteroatoms. The highest BCUT2D eigenvalue weighted by atomic mass is 32.2. The standard InChI is InChI=1S/C23H22N4O3S2/c1-16-11-12-17(14-21(16)32(29,30)26(2)3)24-23(28)19-15-27(18-8-5-4-6-9-18)25-22(19)20-10-7-13-31-20/h4-15H,1-3H3,(H,24,28). The normalized spacial score (nSPS) is 11.6. The van der Waals surface area contributed by atoms with E-state index in [0.717, 1.165) is 14.9 Å². The summed E-state index contributed by atoms with van der Waals surface area (Å²) >= 11 is 1.49. The second-order valence-electron chi connectivity index (χ2n) is 7.37. The molecule has 0 aliphatic carbocycles. The minimum atomic E-state index is -3.64. The number of aromatic nitrogens is 2. The minimum absolute atomic E-state index is 0.152. The van der Waals surface area contributed by atoms with Gasteiger partial charge in [0.25, 0.3) is 5.91 Å². The number of aryl methyl sites for hydroxylation is 1. The first kappa shape index (κ1) is 21.9. The summed E-state index contributed by atoms with van der Waals surface area (Å²) in [5, 5.41) is 9.40. The van der Waals surface area contributed by atoms with E-state index in [0.29, 0.717) is 22.5 Å². The van der Waals surface area contributed by atoms with Crippen LogP contribution in [0, 0.1) is 6.92 Å². The number of sulfonamides is 1. The van der Waals surface area contributed by atoms with Crippen molar-refractivity contribution in [3.8, 4) is 16.3 Å². The summed E-state index contributed by atoms with van der Waals surface area (Å²) in [5.41, 5.74) is 2.79. The number of carbonyl (C=O) groups is 1. The van der Waals surface area contributed by atoms with Crippen LogP contribution < -0.4 is 5.32 Å². The Morgan fingerprint density at radius 2 is 1.81 bits per heavy atom. The molecule has 1 amide bonds. The van der Waals surface area contributed by atoms with Crippen LogP contribution in [0.25, 0.3) is 16.3 Å². The molecule has 32 heavy (non-hydrogen) atoms. The zero-order valence-corrected chi connectivity index (χ0v) is 19.4. The largest absolute Gasteiger partial charge is 0.322 e. The molecule has 0 aliphatic heterocycles. The summed E-state index contributed by atoms with van der Waals surface area (Å²) in [4.78, 5) is 14.3. The van der Waals surface area contributed by atoms with E-state index in [2.05, 4.69) is 10.4 Å². The van der Waals surface area contributed by atoms with Gasteiger partial charge in [-0.1, -0.05) is 30.3 Å². The molecule has 0 spiro atoms. The molecule has 0 bridgehead atoms. The van der Waals surface area contributed by atoms with Gasteiger partial charge >= 0.3 is 0 Å². The third-order valence-corrected chi connectivity index (χ3v) is 7.77. The van der Waals surface area contributed by atoms with Gasteiger partial charge in [-0.05, 0) is 48.2 Å². The number of nitrogens with zero attached hydrogens (tertiary/aromatic N) is 3. The van der Waals surface area contributed by atoms with Gasteiger partial charge in [0.2, 0.25) is 10.0 Å². The maximum Gasteiger partial charge on any atom is 0.259 e. The van der Waals surface area contributed by atoms with Crippen molar-refractivity contribution >= 4 is 33.0 Å².